The van der Waals surface area contributed by atoms with Gasteiger partial charge in [0.1, 0.15) is 0 Å². The Morgan fingerprint density at radius 2 is 2.12 bits per heavy atom. The fraction of sp³-hybridized carbons (Fsp3) is 0.556. The predicted octanol–water partition coefficient (Wildman–Crippen LogP) is 3.09. The molecule has 0 heterocycles. The van der Waals surface area contributed by atoms with Crippen molar-refractivity contribution in [2.24, 2.45) is 17.8 Å². The Morgan fingerprint density at radius 1 is 1.29 bits per heavy atom. The van der Waals surface area contributed by atoms with Gasteiger partial charge in [0.25, 0.3) is 5.91 Å². The summed E-state index contributed by atoms with van der Waals surface area (Å²) >= 11 is 6.20. The number of halogens is 1. The van der Waals surface area contributed by atoms with Gasteiger partial charge in [0.05, 0.1) is 17.2 Å². The molecule has 0 aromatic heterocycles. The van der Waals surface area contributed by atoms with Crippen LogP contribution in [0.1, 0.15) is 36.0 Å². The molecule has 1 aromatic carbocycles. The van der Waals surface area contributed by atoms with E-state index in [9.17, 15) is 9.59 Å². The molecule has 2 saturated carbocycles. The smallest absolute Gasteiger partial charge is 0.252 e. The summed E-state index contributed by atoms with van der Waals surface area (Å²) in [7, 11) is 1.58. The van der Waals surface area contributed by atoms with E-state index in [-0.39, 0.29) is 17.7 Å². The summed E-state index contributed by atoms with van der Waals surface area (Å²) in [6.45, 7) is 0.870. The predicted molar refractivity (Wildman–Crippen MR) is 93.2 cm³/mol. The van der Waals surface area contributed by atoms with Gasteiger partial charge in [0.2, 0.25) is 5.91 Å². The average molecular weight is 351 g/mol. The van der Waals surface area contributed by atoms with Crippen LogP contribution in [0.3, 0.4) is 0 Å². The van der Waals surface area contributed by atoms with Gasteiger partial charge >= 0.3 is 0 Å². The highest BCUT2D eigenvalue weighted by Gasteiger charge is 2.43. The standard InChI is InChI=1S/C18H23ClN2O3/c1-24-7-6-20-17(22)14-5-4-13(10-16(14)19)21-18(23)15-9-11-2-3-12(15)8-11/h4-5,10-12,15H,2-3,6-9H2,1H3,(H,20,22)(H,21,23)/t11-,12-,15-/m0/s1. The number of methoxy groups -OCH3 is 1. The number of anilines is 1. The van der Waals surface area contributed by atoms with Crippen LogP contribution in [0.15, 0.2) is 18.2 Å². The Hall–Kier alpha value is -1.59. The lowest BCUT2D eigenvalue weighted by molar-refractivity contribution is -0.121. The molecule has 1 aromatic rings. The summed E-state index contributed by atoms with van der Waals surface area (Å²) < 4.78 is 4.90. The highest BCUT2D eigenvalue weighted by atomic mass is 35.5. The summed E-state index contributed by atoms with van der Waals surface area (Å²) in [6, 6.07) is 5.00. The maximum Gasteiger partial charge on any atom is 0.252 e. The van der Waals surface area contributed by atoms with Gasteiger partial charge in [-0.3, -0.25) is 9.59 Å². The van der Waals surface area contributed by atoms with Gasteiger partial charge < -0.3 is 15.4 Å². The van der Waals surface area contributed by atoms with Crippen molar-refractivity contribution in [3.8, 4) is 0 Å². The molecule has 3 atom stereocenters. The van der Waals surface area contributed by atoms with E-state index in [0.29, 0.717) is 35.3 Å². The normalized spacial score (nSPS) is 24.8. The summed E-state index contributed by atoms with van der Waals surface area (Å²) in [6.07, 6.45) is 4.64. The first-order valence-corrected chi connectivity index (χ1v) is 8.84. The Kier molecular flexibility index (Phi) is 5.41. The molecule has 3 rings (SSSR count). The Labute approximate surface area is 147 Å². The molecule has 2 bridgehead atoms. The highest BCUT2D eigenvalue weighted by Crippen LogP contribution is 2.48. The molecule has 0 radical (unpaired) electrons. The molecule has 2 amide bonds. The first-order valence-electron chi connectivity index (χ1n) is 8.46. The molecular formula is C18H23ClN2O3. The Balaban J connectivity index is 1.60. The maximum atomic E-state index is 12.5. The number of benzene rings is 1. The Morgan fingerprint density at radius 3 is 2.75 bits per heavy atom. The minimum Gasteiger partial charge on any atom is -0.383 e. The number of rotatable bonds is 6. The van der Waals surface area contributed by atoms with Crippen molar-refractivity contribution in [1.29, 1.82) is 0 Å². The number of carbonyl (C=O) groups excluding carboxylic acids is 2. The highest BCUT2D eigenvalue weighted by molar-refractivity contribution is 6.34. The summed E-state index contributed by atoms with van der Waals surface area (Å²) in [5.74, 6) is 1.22. The number of ether oxygens (including phenoxy) is 1. The molecule has 0 spiro atoms. The van der Waals surface area contributed by atoms with Crippen molar-refractivity contribution >= 4 is 29.1 Å². The fourth-order valence-corrected chi connectivity index (χ4v) is 4.21. The number of fused-ring (bicyclic) bond motifs is 2. The van der Waals surface area contributed by atoms with Crippen molar-refractivity contribution in [3.63, 3.8) is 0 Å². The number of carbonyl (C=O) groups is 2. The van der Waals surface area contributed by atoms with Crippen LogP contribution in [0.25, 0.3) is 0 Å². The molecular weight excluding hydrogens is 328 g/mol. The number of hydrogen-bond acceptors (Lipinski definition) is 3. The molecule has 24 heavy (non-hydrogen) atoms. The average Bonchev–Trinajstić information content (AvgIpc) is 3.18. The third-order valence-corrected chi connectivity index (χ3v) is 5.46. The zero-order valence-electron chi connectivity index (χ0n) is 13.8. The van der Waals surface area contributed by atoms with Gasteiger partial charge in [-0.1, -0.05) is 18.0 Å². The van der Waals surface area contributed by atoms with Crippen LogP contribution < -0.4 is 10.6 Å². The van der Waals surface area contributed by atoms with Crippen LogP contribution in [0.4, 0.5) is 5.69 Å². The molecule has 2 aliphatic carbocycles. The van der Waals surface area contributed by atoms with Crippen LogP contribution in [-0.4, -0.2) is 32.1 Å². The van der Waals surface area contributed by atoms with Crippen molar-refractivity contribution < 1.29 is 14.3 Å². The molecule has 2 N–H and O–H groups in total. The van der Waals surface area contributed by atoms with E-state index in [4.69, 9.17) is 16.3 Å². The lowest BCUT2D eigenvalue weighted by Crippen LogP contribution is -2.28. The molecule has 130 valence electrons. The molecule has 5 nitrogen and oxygen atoms in total. The summed E-state index contributed by atoms with van der Waals surface area (Å²) in [5.41, 5.74) is 1.03. The second kappa shape index (κ2) is 7.53. The molecule has 0 saturated heterocycles. The quantitative estimate of drug-likeness (QED) is 0.775. The number of nitrogens with one attached hydrogen (secondary N) is 2. The van der Waals surface area contributed by atoms with Crippen molar-refractivity contribution in [3.05, 3.63) is 28.8 Å². The first-order chi connectivity index (χ1) is 11.6. The second-order valence-corrected chi connectivity index (χ2v) is 7.12. The van der Waals surface area contributed by atoms with Crippen LogP contribution in [-0.2, 0) is 9.53 Å². The van der Waals surface area contributed by atoms with E-state index in [1.165, 1.54) is 19.3 Å². The lowest BCUT2D eigenvalue weighted by atomic mass is 9.88. The monoisotopic (exact) mass is 350 g/mol. The topological polar surface area (TPSA) is 67.4 Å². The van der Waals surface area contributed by atoms with Gasteiger partial charge in [-0.15, -0.1) is 0 Å². The molecule has 0 unspecified atom stereocenters. The van der Waals surface area contributed by atoms with Gasteiger partial charge in [-0.05, 0) is 49.3 Å². The van der Waals surface area contributed by atoms with Crippen LogP contribution >= 0.6 is 11.6 Å². The number of hydrogen-bond donors (Lipinski definition) is 2. The van der Waals surface area contributed by atoms with E-state index in [2.05, 4.69) is 10.6 Å². The largest absolute Gasteiger partial charge is 0.383 e. The van der Waals surface area contributed by atoms with Gasteiger partial charge in [0, 0.05) is 25.3 Å². The van der Waals surface area contributed by atoms with Gasteiger partial charge in [0.15, 0.2) is 0 Å². The fourth-order valence-electron chi connectivity index (χ4n) is 3.94. The van der Waals surface area contributed by atoms with Crippen LogP contribution in [0.5, 0.6) is 0 Å². The second-order valence-electron chi connectivity index (χ2n) is 6.71. The van der Waals surface area contributed by atoms with Crippen LogP contribution in [0, 0.1) is 17.8 Å². The summed E-state index contributed by atoms with van der Waals surface area (Å²) in [4.78, 5) is 24.5. The third-order valence-electron chi connectivity index (χ3n) is 5.15. The molecule has 2 aliphatic rings. The zero-order chi connectivity index (χ0) is 17.1. The van der Waals surface area contributed by atoms with E-state index in [0.717, 1.165) is 12.3 Å². The van der Waals surface area contributed by atoms with Crippen molar-refractivity contribution in [2.45, 2.75) is 25.7 Å². The van der Waals surface area contributed by atoms with Gasteiger partial charge in [-0.25, -0.2) is 0 Å². The Bertz CT molecular complexity index is 635. The van der Waals surface area contributed by atoms with Crippen molar-refractivity contribution in [1.82, 2.24) is 5.32 Å². The van der Waals surface area contributed by atoms with Gasteiger partial charge in [-0.2, -0.15) is 0 Å². The number of amides is 2. The first kappa shape index (κ1) is 17.2. The van der Waals surface area contributed by atoms with E-state index >= 15 is 0 Å². The minimum absolute atomic E-state index is 0.0792. The third kappa shape index (κ3) is 3.73. The zero-order valence-corrected chi connectivity index (χ0v) is 14.6. The van der Waals surface area contributed by atoms with E-state index < -0.39 is 0 Å². The SMILES string of the molecule is COCCNC(=O)c1ccc(NC(=O)[C@H]2C[C@H]3CC[C@H]2C3)cc1Cl. The minimum atomic E-state index is -0.247. The maximum absolute atomic E-state index is 12.5. The molecule has 0 aliphatic heterocycles. The van der Waals surface area contributed by atoms with E-state index in [1.54, 1.807) is 25.3 Å². The molecule has 2 fully saturated rings. The van der Waals surface area contributed by atoms with E-state index in [1.807, 2.05) is 0 Å². The summed E-state index contributed by atoms with van der Waals surface area (Å²) in [5, 5.41) is 6.01. The van der Waals surface area contributed by atoms with Crippen LogP contribution in [0.2, 0.25) is 5.02 Å². The van der Waals surface area contributed by atoms with Crippen molar-refractivity contribution in [2.75, 3.05) is 25.6 Å². The molecule has 6 heteroatoms. The lowest BCUT2D eigenvalue weighted by Gasteiger charge is -2.21.